The molecule has 1 aromatic heterocycles. The molecule has 0 unspecified atom stereocenters. The third-order valence-electron chi connectivity index (χ3n) is 3.56. The van der Waals surface area contributed by atoms with Crippen LogP contribution in [0, 0.1) is 12.7 Å². The van der Waals surface area contributed by atoms with Crippen molar-refractivity contribution in [3.63, 3.8) is 0 Å². The molecule has 1 amide bonds. The highest BCUT2D eigenvalue weighted by atomic mass is 32.2. The number of carbonyl (C=O) groups is 1. The Bertz CT molecular complexity index is 916. The van der Waals surface area contributed by atoms with Crippen LogP contribution in [0.2, 0.25) is 0 Å². The second-order valence-corrected chi connectivity index (χ2v) is 6.65. The van der Waals surface area contributed by atoms with E-state index in [1.807, 2.05) is 31.2 Å². The van der Waals surface area contributed by atoms with Crippen molar-refractivity contribution in [3.8, 4) is 5.75 Å². The van der Waals surface area contributed by atoms with Crippen LogP contribution < -0.4 is 10.1 Å². The lowest BCUT2D eigenvalue weighted by Crippen LogP contribution is -2.25. The van der Waals surface area contributed by atoms with Gasteiger partial charge in [-0.15, -0.1) is 10.2 Å². The summed E-state index contributed by atoms with van der Waals surface area (Å²) < 4.78 is 24.5. The largest absolute Gasteiger partial charge is 0.484 e. The normalized spacial score (nSPS) is 10.6. The van der Waals surface area contributed by atoms with Gasteiger partial charge < -0.3 is 14.5 Å². The van der Waals surface area contributed by atoms with Gasteiger partial charge in [0.1, 0.15) is 11.6 Å². The van der Waals surface area contributed by atoms with Crippen molar-refractivity contribution in [2.75, 3.05) is 5.75 Å². The van der Waals surface area contributed by atoms with Crippen LogP contribution in [0.5, 0.6) is 5.75 Å². The van der Waals surface area contributed by atoms with E-state index in [0.717, 1.165) is 23.1 Å². The molecule has 0 bridgehead atoms. The summed E-state index contributed by atoms with van der Waals surface area (Å²) in [5, 5.41) is 10.7. The first-order valence-electron chi connectivity index (χ1n) is 8.25. The molecule has 0 aliphatic rings. The van der Waals surface area contributed by atoms with Gasteiger partial charge in [-0.25, -0.2) is 4.39 Å². The summed E-state index contributed by atoms with van der Waals surface area (Å²) >= 11 is 1.11. The molecule has 3 rings (SSSR count). The second kappa shape index (κ2) is 9.18. The first-order valence-corrected chi connectivity index (χ1v) is 9.23. The average molecular weight is 387 g/mol. The van der Waals surface area contributed by atoms with Gasteiger partial charge in [-0.3, -0.25) is 4.79 Å². The molecule has 0 saturated carbocycles. The topological polar surface area (TPSA) is 77.2 Å². The number of aryl methyl sites for hydroxylation is 1. The number of halogens is 1. The number of amides is 1. The van der Waals surface area contributed by atoms with Crippen LogP contribution in [0.1, 0.15) is 17.0 Å². The first-order chi connectivity index (χ1) is 13.1. The van der Waals surface area contributed by atoms with Crippen LogP contribution in [0.4, 0.5) is 4.39 Å². The van der Waals surface area contributed by atoms with E-state index in [-0.39, 0.29) is 35.9 Å². The van der Waals surface area contributed by atoms with E-state index in [1.54, 1.807) is 18.2 Å². The maximum Gasteiger partial charge on any atom is 0.277 e. The van der Waals surface area contributed by atoms with Gasteiger partial charge in [-0.2, -0.15) is 0 Å². The Morgan fingerprint density at radius 3 is 2.89 bits per heavy atom. The van der Waals surface area contributed by atoms with Crippen molar-refractivity contribution >= 4 is 17.7 Å². The van der Waals surface area contributed by atoms with Crippen LogP contribution >= 0.6 is 11.8 Å². The Kier molecular flexibility index (Phi) is 6.43. The molecule has 0 aliphatic heterocycles. The van der Waals surface area contributed by atoms with Gasteiger partial charge in [0.25, 0.3) is 11.1 Å². The number of benzene rings is 2. The summed E-state index contributed by atoms with van der Waals surface area (Å²) in [6.07, 6.45) is 0. The highest BCUT2D eigenvalue weighted by Crippen LogP contribution is 2.18. The third-order valence-corrected chi connectivity index (χ3v) is 4.38. The summed E-state index contributed by atoms with van der Waals surface area (Å²) in [4.78, 5) is 11.9. The van der Waals surface area contributed by atoms with E-state index in [4.69, 9.17) is 9.15 Å². The molecule has 0 aliphatic carbocycles. The standard InChI is InChI=1S/C19H18FN3O3S/c1-13-5-4-7-15(9-13)25-11-18-22-23-19(26-18)27-12-17(24)21-10-14-6-2-3-8-16(14)20/h2-9H,10-12H2,1H3,(H,21,24). The number of nitrogens with one attached hydrogen (secondary N) is 1. The number of hydrogen-bond acceptors (Lipinski definition) is 6. The predicted octanol–water partition coefficient (Wildman–Crippen LogP) is 3.50. The summed E-state index contributed by atoms with van der Waals surface area (Å²) in [6.45, 7) is 2.26. The molecule has 1 N–H and O–H groups in total. The molecule has 140 valence electrons. The lowest BCUT2D eigenvalue weighted by Gasteiger charge is -2.05. The highest BCUT2D eigenvalue weighted by Gasteiger charge is 2.11. The molecule has 0 atom stereocenters. The summed E-state index contributed by atoms with van der Waals surface area (Å²) in [5.41, 5.74) is 1.53. The smallest absolute Gasteiger partial charge is 0.277 e. The number of nitrogens with zero attached hydrogens (tertiary/aromatic N) is 2. The lowest BCUT2D eigenvalue weighted by molar-refractivity contribution is -0.118. The van der Waals surface area contributed by atoms with Gasteiger partial charge in [-0.1, -0.05) is 42.1 Å². The Hall–Kier alpha value is -2.87. The molecule has 3 aromatic rings. The van der Waals surface area contributed by atoms with Crippen molar-refractivity contribution in [3.05, 3.63) is 71.4 Å². The highest BCUT2D eigenvalue weighted by molar-refractivity contribution is 7.99. The van der Waals surface area contributed by atoms with E-state index in [1.165, 1.54) is 6.07 Å². The van der Waals surface area contributed by atoms with Gasteiger partial charge in [0.15, 0.2) is 6.61 Å². The fourth-order valence-corrected chi connectivity index (χ4v) is 2.83. The van der Waals surface area contributed by atoms with Crippen LogP contribution in [0.15, 0.2) is 58.2 Å². The molecule has 0 spiro atoms. The minimum atomic E-state index is -0.347. The monoisotopic (exact) mass is 387 g/mol. The number of thioether (sulfide) groups is 1. The zero-order valence-electron chi connectivity index (χ0n) is 14.6. The Balaban J connectivity index is 1.42. The predicted molar refractivity (Wildman–Crippen MR) is 98.8 cm³/mol. The van der Waals surface area contributed by atoms with Crippen LogP contribution in [-0.4, -0.2) is 21.9 Å². The lowest BCUT2D eigenvalue weighted by atomic mass is 10.2. The molecule has 0 radical (unpaired) electrons. The van der Waals surface area contributed by atoms with E-state index in [2.05, 4.69) is 15.5 Å². The van der Waals surface area contributed by atoms with Crippen LogP contribution in [-0.2, 0) is 17.9 Å². The first kappa shape index (κ1) is 18.9. The van der Waals surface area contributed by atoms with Gasteiger partial charge in [0, 0.05) is 12.1 Å². The van der Waals surface area contributed by atoms with Crippen molar-refractivity contribution in [1.82, 2.24) is 15.5 Å². The van der Waals surface area contributed by atoms with E-state index in [9.17, 15) is 9.18 Å². The Labute approximate surface area is 160 Å². The fourth-order valence-electron chi connectivity index (χ4n) is 2.22. The maximum atomic E-state index is 13.5. The van der Waals surface area contributed by atoms with E-state index >= 15 is 0 Å². The molecule has 2 aromatic carbocycles. The number of aromatic nitrogens is 2. The van der Waals surface area contributed by atoms with Crippen molar-refractivity contribution in [2.24, 2.45) is 0 Å². The Morgan fingerprint density at radius 2 is 2.07 bits per heavy atom. The SMILES string of the molecule is Cc1cccc(OCc2nnc(SCC(=O)NCc3ccccc3F)o2)c1. The number of ether oxygens (including phenoxy) is 1. The summed E-state index contributed by atoms with van der Waals surface area (Å²) in [6, 6.07) is 13.9. The molecule has 0 saturated heterocycles. The average Bonchev–Trinajstić information content (AvgIpc) is 3.12. The van der Waals surface area contributed by atoms with Crippen molar-refractivity contribution in [1.29, 1.82) is 0 Å². The molecule has 6 nitrogen and oxygen atoms in total. The zero-order chi connectivity index (χ0) is 19.1. The molecule has 0 fully saturated rings. The number of rotatable bonds is 8. The molecular weight excluding hydrogens is 369 g/mol. The van der Waals surface area contributed by atoms with Gasteiger partial charge in [0.2, 0.25) is 5.91 Å². The number of hydrogen-bond donors (Lipinski definition) is 1. The molecular formula is C19H18FN3O3S. The minimum Gasteiger partial charge on any atom is -0.484 e. The van der Waals surface area contributed by atoms with Crippen molar-refractivity contribution < 1.29 is 18.3 Å². The summed E-state index contributed by atoms with van der Waals surface area (Å²) in [5.74, 6) is 0.537. The maximum absolute atomic E-state index is 13.5. The molecule has 1 heterocycles. The second-order valence-electron chi connectivity index (χ2n) is 5.72. The van der Waals surface area contributed by atoms with Gasteiger partial charge in [0.05, 0.1) is 5.75 Å². The molecule has 27 heavy (non-hydrogen) atoms. The van der Waals surface area contributed by atoms with Crippen LogP contribution in [0.25, 0.3) is 0 Å². The van der Waals surface area contributed by atoms with Crippen LogP contribution in [0.3, 0.4) is 0 Å². The van der Waals surface area contributed by atoms with Gasteiger partial charge >= 0.3 is 0 Å². The minimum absolute atomic E-state index is 0.0921. The van der Waals surface area contributed by atoms with Gasteiger partial charge in [-0.05, 0) is 30.7 Å². The molecule has 8 heteroatoms. The quantitative estimate of drug-likeness (QED) is 0.596. The van der Waals surface area contributed by atoms with E-state index < -0.39 is 0 Å². The fraction of sp³-hybridized carbons (Fsp3) is 0.211. The third kappa shape index (κ3) is 5.82. The Morgan fingerprint density at radius 1 is 1.22 bits per heavy atom. The van der Waals surface area contributed by atoms with Crippen molar-refractivity contribution in [2.45, 2.75) is 25.3 Å². The number of carbonyl (C=O) groups excluding carboxylic acids is 1. The zero-order valence-corrected chi connectivity index (χ0v) is 15.5. The summed E-state index contributed by atoms with van der Waals surface area (Å²) in [7, 11) is 0. The van der Waals surface area contributed by atoms with E-state index in [0.29, 0.717) is 11.5 Å².